The fourth-order valence-electron chi connectivity index (χ4n) is 1.76. The lowest BCUT2D eigenvalue weighted by molar-refractivity contribution is -0.0305. The molecule has 0 aliphatic rings. The zero-order valence-electron chi connectivity index (χ0n) is 10.8. The largest absolute Gasteiger partial charge is 0.494 e. The van der Waals surface area contributed by atoms with E-state index in [4.69, 9.17) is 15.2 Å². The molecule has 1 atom stereocenters. The van der Waals surface area contributed by atoms with E-state index in [9.17, 15) is 4.39 Å². The van der Waals surface area contributed by atoms with Crippen LogP contribution in [-0.2, 0) is 4.74 Å². The van der Waals surface area contributed by atoms with Crippen molar-refractivity contribution in [2.45, 2.75) is 32.4 Å². The number of hydrogen-bond acceptors (Lipinski definition) is 3. The van der Waals surface area contributed by atoms with Crippen LogP contribution in [0, 0.1) is 5.82 Å². The minimum Gasteiger partial charge on any atom is -0.494 e. The Morgan fingerprint density at radius 1 is 1.41 bits per heavy atom. The van der Waals surface area contributed by atoms with E-state index in [1.807, 2.05) is 20.8 Å². The molecule has 0 aromatic heterocycles. The van der Waals surface area contributed by atoms with Gasteiger partial charge in [0.15, 0.2) is 11.6 Å². The van der Waals surface area contributed by atoms with Crippen molar-refractivity contribution in [3.05, 3.63) is 29.6 Å². The van der Waals surface area contributed by atoms with E-state index in [1.54, 1.807) is 18.2 Å². The Bertz CT molecular complexity index is 380. The lowest BCUT2D eigenvalue weighted by atomic mass is 9.92. The first-order valence-corrected chi connectivity index (χ1v) is 5.66. The summed E-state index contributed by atoms with van der Waals surface area (Å²) in [5, 5.41) is 0. The Kier molecular flexibility index (Phi) is 4.48. The van der Waals surface area contributed by atoms with Crippen LogP contribution in [0.5, 0.6) is 5.75 Å². The van der Waals surface area contributed by atoms with Crippen molar-refractivity contribution in [2.24, 2.45) is 5.73 Å². The summed E-state index contributed by atoms with van der Waals surface area (Å²) in [6.45, 7) is 6.11. The summed E-state index contributed by atoms with van der Waals surface area (Å²) in [5.41, 5.74) is 5.85. The van der Waals surface area contributed by atoms with Crippen molar-refractivity contribution >= 4 is 0 Å². The highest BCUT2D eigenvalue weighted by Crippen LogP contribution is 2.31. The minimum absolute atomic E-state index is 0.199. The van der Waals surface area contributed by atoms with Gasteiger partial charge in [0.25, 0.3) is 0 Å². The molecule has 0 heterocycles. The third-order valence-corrected chi connectivity index (χ3v) is 2.81. The molecule has 0 saturated heterocycles. The summed E-state index contributed by atoms with van der Waals surface area (Å²) in [5.74, 6) is -0.222. The van der Waals surface area contributed by atoms with E-state index in [0.29, 0.717) is 12.2 Å². The molecule has 0 aliphatic heterocycles. The molecule has 4 heteroatoms. The van der Waals surface area contributed by atoms with Gasteiger partial charge in [-0.3, -0.25) is 0 Å². The van der Waals surface area contributed by atoms with Crippen LogP contribution >= 0.6 is 0 Å². The maximum atomic E-state index is 14.0. The highest BCUT2D eigenvalue weighted by atomic mass is 19.1. The van der Waals surface area contributed by atoms with Crippen LogP contribution in [0.4, 0.5) is 4.39 Å². The van der Waals surface area contributed by atoms with Crippen LogP contribution in [0.3, 0.4) is 0 Å². The van der Waals surface area contributed by atoms with Crippen molar-refractivity contribution in [1.29, 1.82) is 0 Å². The van der Waals surface area contributed by atoms with Gasteiger partial charge in [0.1, 0.15) is 0 Å². The number of hydrogen-bond donors (Lipinski definition) is 1. The van der Waals surface area contributed by atoms with Crippen molar-refractivity contribution in [1.82, 2.24) is 0 Å². The Morgan fingerprint density at radius 3 is 2.59 bits per heavy atom. The zero-order valence-corrected chi connectivity index (χ0v) is 10.8. The Hall–Kier alpha value is -1.13. The molecule has 96 valence electrons. The normalized spacial score (nSPS) is 13.5. The van der Waals surface area contributed by atoms with E-state index in [1.165, 1.54) is 7.11 Å². The molecular formula is C13H20FNO2. The highest BCUT2D eigenvalue weighted by Gasteiger charge is 2.30. The van der Waals surface area contributed by atoms with Gasteiger partial charge in [0.05, 0.1) is 18.8 Å². The number of nitrogens with two attached hydrogens (primary N) is 1. The maximum Gasteiger partial charge on any atom is 0.169 e. The molecule has 17 heavy (non-hydrogen) atoms. The van der Waals surface area contributed by atoms with E-state index < -0.39 is 17.5 Å². The fourth-order valence-corrected chi connectivity index (χ4v) is 1.76. The lowest BCUT2D eigenvalue weighted by Gasteiger charge is -2.32. The van der Waals surface area contributed by atoms with Gasteiger partial charge >= 0.3 is 0 Å². The van der Waals surface area contributed by atoms with Crippen molar-refractivity contribution in [2.75, 3.05) is 13.7 Å². The SMILES string of the molecule is CCOC(C)(C)C(N)c1cccc(OC)c1F. The second-order valence-electron chi connectivity index (χ2n) is 4.38. The van der Waals surface area contributed by atoms with Crippen LogP contribution in [0.25, 0.3) is 0 Å². The van der Waals surface area contributed by atoms with E-state index in [0.717, 1.165) is 0 Å². The van der Waals surface area contributed by atoms with Gasteiger partial charge in [-0.05, 0) is 26.8 Å². The molecule has 2 N–H and O–H groups in total. The molecule has 0 aliphatic carbocycles. The summed E-state index contributed by atoms with van der Waals surface area (Å²) in [6, 6.07) is 4.40. The number of benzene rings is 1. The monoisotopic (exact) mass is 241 g/mol. The Labute approximate surface area is 102 Å². The second kappa shape index (κ2) is 5.47. The molecule has 1 unspecified atom stereocenters. The van der Waals surface area contributed by atoms with Gasteiger partial charge in [-0.15, -0.1) is 0 Å². The van der Waals surface area contributed by atoms with E-state index in [-0.39, 0.29) is 5.75 Å². The third-order valence-electron chi connectivity index (χ3n) is 2.81. The molecule has 1 rings (SSSR count). The molecular weight excluding hydrogens is 221 g/mol. The molecule has 0 radical (unpaired) electrons. The van der Waals surface area contributed by atoms with E-state index in [2.05, 4.69) is 0 Å². The highest BCUT2D eigenvalue weighted by molar-refractivity contribution is 5.34. The van der Waals surface area contributed by atoms with Gasteiger partial charge in [-0.25, -0.2) is 4.39 Å². The Balaban J connectivity index is 3.08. The Morgan fingerprint density at radius 2 is 2.06 bits per heavy atom. The first kappa shape index (κ1) is 13.9. The van der Waals surface area contributed by atoms with E-state index >= 15 is 0 Å². The quantitative estimate of drug-likeness (QED) is 0.862. The maximum absolute atomic E-state index is 14.0. The minimum atomic E-state index is -0.623. The van der Waals surface area contributed by atoms with Crippen molar-refractivity contribution in [3.8, 4) is 5.75 Å². The van der Waals surface area contributed by atoms with Crippen LogP contribution in [-0.4, -0.2) is 19.3 Å². The average Bonchev–Trinajstić information content (AvgIpc) is 2.28. The third kappa shape index (κ3) is 2.96. The lowest BCUT2D eigenvalue weighted by Crippen LogP contribution is -2.38. The summed E-state index contributed by atoms with van der Waals surface area (Å²) in [7, 11) is 1.43. The predicted molar refractivity (Wildman–Crippen MR) is 65.6 cm³/mol. The molecule has 0 saturated carbocycles. The summed E-state index contributed by atoms with van der Waals surface area (Å²) in [4.78, 5) is 0. The van der Waals surface area contributed by atoms with Gasteiger partial charge < -0.3 is 15.2 Å². The molecule has 1 aromatic rings. The van der Waals surface area contributed by atoms with Gasteiger partial charge in [0, 0.05) is 12.2 Å². The van der Waals surface area contributed by atoms with Gasteiger partial charge in [0.2, 0.25) is 0 Å². The second-order valence-corrected chi connectivity index (χ2v) is 4.38. The first-order valence-electron chi connectivity index (χ1n) is 5.66. The number of ether oxygens (including phenoxy) is 2. The molecule has 0 fully saturated rings. The van der Waals surface area contributed by atoms with Gasteiger partial charge in [-0.2, -0.15) is 0 Å². The smallest absolute Gasteiger partial charge is 0.169 e. The van der Waals surface area contributed by atoms with Crippen LogP contribution in [0.2, 0.25) is 0 Å². The summed E-state index contributed by atoms with van der Waals surface area (Å²) < 4.78 is 24.5. The summed E-state index contributed by atoms with van der Waals surface area (Å²) in [6.07, 6.45) is 0. The standard InChI is InChI=1S/C13H20FNO2/c1-5-17-13(2,3)12(15)9-7-6-8-10(16-4)11(9)14/h6-8,12H,5,15H2,1-4H3. The molecule has 3 nitrogen and oxygen atoms in total. The molecule has 0 spiro atoms. The molecule has 0 bridgehead atoms. The average molecular weight is 241 g/mol. The fraction of sp³-hybridized carbons (Fsp3) is 0.538. The predicted octanol–water partition coefficient (Wildman–Crippen LogP) is 2.65. The van der Waals surface area contributed by atoms with Crippen molar-refractivity contribution in [3.63, 3.8) is 0 Å². The molecule has 0 amide bonds. The zero-order chi connectivity index (χ0) is 13.1. The number of methoxy groups -OCH3 is 1. The number of rotatable bonds is 5. The molecule has 1 aromatic carbocycles. The summed E-state index contributed by atoms with van der Waals surface area (Å²) >= 11 is 0. The van der Waals surface area contributed by atoms with Gasteiger partial charge in [-0.1, -0.05) is 12.1 Å². The van der Waals surface area contributed by atoms with Crippen LogP contribution in [0.15, 0.2) is 18.2 Å². The van der Waals surface area contributed by atoms with Crippen LogP contribution < -0.4 is 10.5 Å². The van der Waals surface area contributed by atoms with Crippen LogP contribution in [0.1, 0.15) is 32.4 Å². The first-order chi connectivity index (χ1) is 7.94. The number of halogens is 1. The topological polar surface area (TPSA) is 44.5 Å². The van der Waals surface area contributed by atoms with Crippen molar-refractivity contribution < 1.29 is 13.9 Å².